The minimum atomic E-state index is -0.528. The first-order valence-electron chi connectivity index (χ1n) is 19.0. The van der Waals surface area contributed by atoms with Gasteiger partial charge >= 0.3 is 0 Å². The number of anilines is 3. The van der Waals surface area contributed by atoms with Gasteiger partial charge in [0, 0.05) is 33.3 Å². The third kappa shape index (κ3) is 4.50. The number of hydrogen-bond acceptors (Lipinski definition) is 3. The van der Waals surface area contributed by atoms with E-state index >= 15 is 0 Å². The first-order valence-corrected chi connectivity index (χ1v) is 19.0. The summed E-state index contributed by atoms with van der Waals surface area (Å²) < 4.78 is 13.0. The highest BCUT2D eigenvalue weighted by atomic mass is 16.5. The maximum atomic E-state index is 6.56. The second kappa shape index (κ2) is 11.8. The summed E-state index contributed by atoms with van der Waals surface area (Å²) in [6.45, 7) is 4.59. The average Bonchev–Trinajstić information content (AvgIpc) is 3.76. The summed E-state index contributed by atoms with van der Waals surface area (Å²) in [4.78, 5) is 2.41. The van der Waals surface area contributed by atoms with Gasteiger partial charge in [0.2, 0.25) is 0 Å². The lowest BCUT2D eigenvalue weighted by atomic mass is 9.67. The molecule has 55 heavy (non-hydrogen) atoms. The number of para-hydroxylation sites is 2. The van der Waals surface area contributed by atoms with Crippen LogP contribution in [0.4, 0.5) is 17.1 Å². The van der Waals surface area contributed by atoms with Crippen LogP contribution in [0, 0.1) is 0 Å². The van der Waals surface area contributed by atoms with Gasteiger partial charge in [0.1, 0.15) is 22.7 Å². The van der Waals surface area contributed by atoms with Gasteiger partial charge in [0.15, 0.2) is 0 Å². The zero-order valence-corrected chi connectivity index (χ0v) is 30.7. The van der Waals surface area contributed by atoms with Crippen LogP contribution in [-0.2, 0) is 10.8 Å². The van der Waals surface area contributed by atoms with Gasteiger partial charge in [-0.05, 0) is 88.0 Å². The van der Waals surface area contributed by atoms with E-state index in [4.69, 9.17) is 9.15 Å². The first-order chi connectivity index (χ1) is 27.0. The largest absolute Gasteiger partial charge is 0.457 e. The van der Waals surface area contributed by atoms with Crippen LogP contribution in [0.5, 0.6) is 11.5 Å². The van der Waals surface area contributed by atoms with Crippen LogP contribution in [0.1, 0.15) is 47.2 Å². The summed E-state index contributed by atoms with van der Waals surface area (Å²) in [6, 6.07) is 67.8. The summed E-state index contributed by atoms with van der Waals surface area (Å²) in [5.41, 5.74) is 14.0. The van der Waals surface area contributed by atoms with E-state index in [9.17, 15) is 0 Å². The Morgan fingerprint density at radius 3 is 1.84 bits per heavy atom. The number of benzene rings is 8. The molecule has 1 aliphatic carbocycles. The van der Waals surface area contributed by atoms with Gasteiger partial charge in [-0.2, -0.15) is 0 Å². The molecule has 0 saturated heterocycles. The van der Waals surface area contributed by atoms with Crippen molar-refractivity contribution in [3.63, 3.8) is 0 Å². The summed E-state index contributed by atoms with van der Waals surface area (Å²) in [5.74, 6) is 1.80. The molecule has 0 amide bonds. The maximum Gasteiger partial charge on any atom is 0.137 e. The summed E-state index contributed by atoms with van der Waals surface area (Å²) >= 11 is 0. The SMILES string of the molecule is CC1(C)c2ccccc2Oc2ccc(N(c3cccc(C4(c5ccccc5)c5ccccc5-c5ccccc54)c3)c3cccc4oc5ccccc5c34)cc21. The molecule has 2 heterocycles. The van der Waals surface area contributed by atoms with Gasteiger partial charge in [0.25, 0.3) is 0 Å². The smallest absolute Gasteiger partial charge is 0.137 e. The van der Waals surface area contributed by atoms with Crippen LogP contribution >= 0.6 is 0 Å². The minimum Gasteiger partial charge on any atom is -0.457 e. The molecule has 0 unspecified atom stereocenters. The Balaban J connectivity index is 1.19. The van der Waals surface area contributed by atoms with Gasteiger partial charge in [-0.15, -0.1) is 0 Å². The van der Waals surface area contributed by atoms with E-state index in [2.05, 4.69) is 195 Å². The number of furan rings is 1. The molecule has 8 aromatic carbocycles. The molecule has 1 aliphatic heterocycles. The maximum absolute atomic E-state index is 6.56. The lowest BCUT2D eigenvalue weighted by Gasteiger charge is -2.37. The van der Waals surface area contributed by atoms with E-state index in [-0.39, 0.29) is 5.41 Å². The Morgan fingerprint density at radius 1 is 0.436 bits per heavy atom. The average molecular weight is 708 g/mol. The second-order valence-electron chi connectivity index (χ2n) is 15.2. The Hall–Kier alpha value is -6.84. The zero-order valence-electron chi connectivity index (χ0n) is 30.7. The van der Waals surface area contributed by atoms with Crippen molar-refractivity contribution >= 4 is 39.0 Å². The molecule has 9 aromatic rings. The Morgan fingerprint density at radius 2 is 1.04 bits per heavy atom. The van der Waals surface area contributed by atoms with Crippen molar-refractivity contribution in [2.75, 3.05) is 4.90 Å². The van der Waals surface area contributed by atoms with Crippen molar-refractivity contribution in [1.29, 1.82) is 0 Å². The van der Waals surface area contributed by atoms with Crippen molar-refractivity contribution in [2.24, 2.45) is 0 Å². The monoisotopic (exact) mass is 707 g/mol. The van der Waals surface area contributed by atoms with Gasteiger partial charge in [-0.3, -0.25) is 0 Å². The number of rotatable bonds is 5. The normalized spacial score (nSPS) is 14.4. The standard InChI is InChI=1S/C52H37NO2/c1-51(2)43-25-11-13-28-47(43)55-48-31-30-37(33-44(48)51)53(45-26-15-29-49-50(45)40-22-8-12-27-46(40)54-49)36-19-14-18-35(32-36)52(34-16-4-3-5-17-34)41-23-9-6-20-38(41)39-21-7-10-24-42(39)52/h3-33H,1-2H3. The molecular formula is C52H37NO2. The fourth-order valence-corrected chi connectivity index (χ4v) is 9.53. The lowest BCUT2D eigenvalue weighted by molar-refractivity contribution is 0.418. The van der Waals surface area contributed by atoms with Crippen molar-refractivity contribution in [2.45, 2.75) is 24.7 Å². The first kappa shape index (κ1) is 31.7. The third-order valence-electron chi connectivity index (χ3n) is 12.0. The predicted octanol–water partition coefficient (Wildman–Crippen LogP) is 13.9. The van der Waals surface area contributed by atoms with E-state index in [0.717, 1.165) is 56.1 Å². The van der Waals surface area contributed by atoms with Crippen LogP contribution in [0.15, 0.2) is 192 Å². The van der Waals surface area contributed by atoms with Gasteiger partial charge in [-0.25, -0.2) is 0 Å². The van der Waals surface area contributed by atoms with Crippen molar-refractivity contribution in [1.82, 2.24) is 0 Å². The minimum absolute atomic E-state index is 0.281. The number of ether oxygens (including phenoxy) is 1. The fraction of sp³-hybridized carbons (Fsp3) is 0.0769. The molecule has 0 radical (unpaired) electrons. The van der Waals surface area contributed by atoms with Crippen molar-refractivity contribution in [3.05, 3.63) is 221 Å². The highest BCUT2D eigenvalue weighted by Gasteiger charge is 2.46. The van der Waals surface area contributed by atoms with Crippen molar-refractivity contribution in [3.8, 4) is 22.6 Å². The Bertz CT molecular complexity index is 2910. The molecule has 0 bridgehead atoms. The molecule has 0 fully saturated rings. The summed E-state index contributed by atoms with van der Waals surface area (Å²) in [7, 11) is 0. The quantitative estimate of drug-likeness (QED) is 0.178. The predicted molar refractivity (Wildman–Crippen MR) is 224 cm³/mol. The third-order valence-corrected chi connectivity index (χ3v) is 12.0. The van der Waals surface area contributed by atoms with E-state index in [1.807, 2.05) is 12.1 Å². The molecule has 0 atom stereocenters. The van der Waals surface area contributed by atoms with Crippen LogP contribution in [0.25, 0.3) is 33.1 Å². The van der Waals surface area contributed by atoms with E-state index in [0.29, 0.717) is 0 Å². The van der Waals surface area contributed by atoms with Crippen molar-refractivity contribution < 1.29 is 9.15 Å². The van der Waals surface area contributed by atoms with E-state index < -0.39 is 5.41 Å². The summed E-state index contributed by atoms with van der Waals surface area (Å²) in [5, 5.41) is 2.17. The molecule has 262 valence electrons. The van der Waals surface area contributed by atoms with Crippen LogP contribution in [0.3, 0.4) is 0 Å². The van der Waals surface area contributed by atoms with E-state index in [1.54, 1.807) is 0 Å². The number of nitrogens with zero attached hydrogens (tertiary/aromatic N) is 1. The number of fused-ring (bicyclic) bond motifs is 8. The van der Waals surface area contributed by atoms with Crippen LogP contribution in [0.2, 0.25) is 0 Å². The molecule has 2 aliphatic rings. The summed E-state index contributed by atoms with van der Waals surface area (Å²) in [6.07, 6.45) is 0. The highest BCUT2D eigenvalue weighted by molar-refractivity contribution is 6.13. The van der Waals surface area contributed by atoms with Crippen LogP contribution < -0.4 is 9.64 Å². The lowest BCUT2D eigenvalue weighted by Crippen LogP contribution is -2.29. The Labute approximate surface area is 320 Å². The molecule has 3 nitrogen and oxygen atoms in total. The molecule has 0 spiro atoms. The van der Waals surface area contributed by atoms with Gasteiger partial charge in [-0.1, -0.05) is 147 Å². The topological polar surface area (TPSA) is 25.6 Å². The molecule has 3 heteroatoms. The molecule has 11 rings (SSSR count). The molecular weight excluding hydrogens is 671 g/mol. The number of hydrogen-bond donors (Lipinski definition) is 0. The fourth-order valence-electron chi connectivity index (χ4n) is 9.53. The molecule has 0 N–H and O–H groups in total. The van der Waals surface area contributed by atoms with Crippen LogP contribution in [-0.4, -0.2) is 0 Å². The Kier molecular flexibility index (Phi) is 6.81. The van der Waals surface area contributed by atoms with Gasteiger partial charge < -0.3 is 14.1 Å². The zero-order chi connectivity index (χ0) is 36.7. The highest BCUT2D eigenvalue weighted by Crippen LogP contribution is 2.57. The molecule has 1 aromatic heterocycles. The van der Waals surface area contributed by atoms with Gasteiger partial charge in [0.05, 0.1) is 16.5 Å². The second-order valence-corrected chi connectivity index (χ2v) is 15.2. The molecule has 0 saturated carbocycles. The van der Waals surface area contributed by atoms with E-state index in [1.165, 1.54) is 38.9 Å².